The van der Waals surface area contributed by atoms with Crippen molar-refractivity contribution in [1.29, 1.82) is 0 Å². The first-order valence-electron chi connectivity index (χ1n) is 8.68. The number of likely N-dealkylation sites (tertiary alicyclic amines) is 1. The normalized spacial score (nSPS) is 20.7. The number of para-hydroxylation sites is 1. The third-order valence-corrected chi connectivity index (χ3v) is 5.07. The van der Waals surface area contributed by atoms with E-state index in [1.807, 2.05) is 21.6 Å². The number of amides is 1. The van der Waals surface area contributed by atoms with E-state index in [-0.39, 0.29) is 18.1 Å². The number of carbonyl (C=O) groups excluding carboxylic acids is 3. The topological polar surface area (TPSA) is 93.5 Å². The molecule has 1 saturated heterocycles. The number of aromatic nitrogens is 2. The zero-order chi connectivity index (χ0) is 18.3. The summed E-state index contributed by atoms with van der Waals surface area (Å²) < 4.78 is 6.91. The van der Waals surface area contributed by atoms with Gasteiger partial charge in [-0.1, -0.05) is 6.07 Å². The molecule has 0 aliphatic carbocycles. The van der Waals surface area contributed by atoms with Crippen LogP contribution in [-0.4, -0.2) is 58.4 Å². The van der Waals surface area contributed by atoms with Gasteiger partial charge in [-0.15, -0.1) is 0 Å². The average Bonchev–Trinajstić information content (AvgIpc) is 2.89. The Kier molecular flexibility index (Phi) is 4.20. The molecule has 1 amide bonds. The molecule has 8 nitrogen and oxygen atoms in total. The largest absolute Gasteiger partial charge is 0.468 e. The third kappa shape index (κ3) is 2.76. The standard InChI is InChI=1S/C18H20N4O4/c1-26-18(25)14-9-11(23)5-7-21(14)10-15-20-13-4-2-3-12-16(13)22(15)8-6-19-17(12)24/h2-4,14H,5-10H2,1H3,(H,19,24). The lowest BCUT2D eigenvalue weighted by Crippen LogP contribution is -2.47. The molecule has 1 aromatic carbocycles. The molecule has 0 saturated carbocycles. The van der Waals surface area contributed by atoms with Crippen molar-refractivity contribution in [1.82, 2.24) is 19.8 Å². The van der Waals surface area contributed by atoms with Crippen molar-refractivity contribution in [3.63, 3.8) is 0 Å². The van der Waals surface area contributed by atoms with E-state index in [0.29, 0.717) is 38.2 Å². The maximum absolute atomic E-state index is 12.2. The Labute approximate surface area is 150 Å². The van der Waals surface area contributed by atoms with Crippen LogP contribution in [0.4, 0.5) is 0 Å². The number of piperidine rings is 1. The molecule has 1 atom stereocenters. The van der Waals surface area contributed by atoms with Crippen LogP contribution in [0.5, 0.6) is 0 Å². The molecule has 2 aliphatic rings. The summed E-state index contributed by atoms with van der Waals surface area (Å²) in [6, 6.07) is 4.91. The van der Waals surface area contributed by atoms with Gasteiger partial charge in [0, 0.05) is 32.5 Å². The van der Waals surface area contributed by atoms with Crippen LogP contribution in [0.15, 0.2) is 18.2 Å². The lowest BCUT2D eigenvalue weighted by molar-refractivity contribution is -0.151. The fourth-order valence-corrected chi connectivity index (χ4v) is 3.77. The summed E-state index contributed by atoms with van der Waals surface area (Å²) in [6.07, 6.45) is 0.581. The van der Waals surface area contributed by atoms with Gasteiger partial charge in [-0.3, -0.25) is 19.3 Å². The number of hydrogen-bond acceptors (Lipinski definition) is 6. The molecule has 3 heterocycles. The predicted molar refractivity (Wildman–Crippen MR) is 92.5 cm³/mol. The molecule has 2 aromatic rings. The Morgan fingerprint density at radius 1 is 1.35 bits per heavy atom. The van der Waals surface area contributed by atoms with E-state index in [2.05, 4.69) is 5.32 Å². The number of imidazole rings is 1. The van der Waals surface area contributed by atoms with Gasteiger partial charge in [0.2, 0.25) is 0 Å². The summed E-state index contributed by atoms with van der Waals surface area (Å²) >= 11 is 0. The van der Waals surface area contributed by atoms with Crippen molar-refractivity contribution < 1.29 is 19.1 Å². The van der Waals surface area contributed by atoms with Crippen molar-refractivity contribution in [2.75, 3.05) is 20.2 Å². The zero-order valence-corrected chi connectivity index (χ0v) is 14.5. The van der Waals surface area contributed by atoms with E-state index < -0.39 is 12.0 Å². The molecule has 1 aromatic heterocycles. The van der Waals surface area contributed by atoms with Gasteiger partial charge in [-0.2, -0.15) is 0 Å². The second-order valence-corrected chi connectivity index (χ2v) is 6.61. The first-order valence-corrected chi connectivity index (χ1v) is 8.68. The lowest BCUT2D eigenvalue weighted by Gasteiger charge is -2.32. The molecule has 0 spiro atoms. The Hall–Kier alpha value is -2.74. The van der Waals surface area contributed by atoms with Gasteiger partial charge in [0.25, 0.3) is 5.91 Å². The molecular formula is C18H20N4O4. The van der Waals surface area contributed by atoms with Crippen LogP contribution >= 0.6 is 0 Å². The van der Waals surface area contributed by atoms with E-state index in [9.17, 15) is 14.4 Å². The molecule has 26 heavy (non-hydrogen) atoms. The van der Waals surface area contributed by atoms with Gasteiger partial charge >= 0.3 is 5.97 Å². The van der Waals surface area contributed by atoms with Crippen LogP contribution in [0.25, 0.3) is 11.0 Å². The maximum atomic E-state index is 12.2. The number of Topliss-reactive ketones (excluding diaryl/α,β-unsaturated/α-hetero) is 1. The zero-order valence-electron chi connectivity index (χ0n) is 14.5. The number of hydrogen-bond donors (Lipinski definition) is 1. The fourth-order valence-electron chi connectivity index (χ4n) is 3.77. The highest BCUT2D eigenvalue weighted by Crippen LogP contribution is 2.25. The van der Waals surface area contributed by atoms with Crippen molar-refractivity contribution in [3.8, 4) is 0 Å². The minimum Gasteiger partial charge on any atom is -0.468 e. The summed E-state index contributed by atoms with van der Waals surface area (Å²) in [5.41, 5.74) is 2.19. The molecule has 1 unspecified atom stereocenters. The number of methoxy groups -OCH3 is 1. The Bertz CT molecular complexity index is 904. The second-order valence-electron chi connectivity index (χ2n) is 6.61. The van der Waals surface area contributed by atoms with Gasteiger partial charge in [0.05, 0.1) is 30.3 Å². The van der Waals surface area contributed by atoms with E-state index >= 15 is 0 Å². The van der Waals surface area contributed by atoms with E-state index in [0.717, 1.165) is 16.9 Å². The van der Waals surface area contributed by atoms with Crippen molar-refractivity contribution in [2.24, 2.45) is 0 Å². The molecule has 2 aliphatic heterocycles. The number of benzene rings is 1. The van der Waals surface area contributed by atoms with E-state index in [1.54, 1.807) is 6.07 Å². The van der Waals surface area contributed by atoms with E-state index in [4.69, 9.17) is 9.72 Å². The minimum absolute atomic E-state index is 0.0696. The van der Waals surface area contributed by atoms with Crippen LogP contribution in [-0.2, 0) is 27.4 Å². The highest BCUT2D eigenvalue weighted by molar-refractivity contribution is 6.05. The number of ether oxygens (including phenoxy) is 1. The quantitative estimate of drug-likeness (QED) is 0.805. The van der Waals surface area contributed by atoms with E-state index in [1.165, 1.54) is 7.11 Å². The molecule has 1 fully saturated rings. The summed E-state index contributed by atoms with van der Waals surface area (Å²) in [7, 11) is 1.33. The first kappa shape index (κ1) is 16.7. The predicted octanol–water partition coefficient (Wildman–Crippen LogP) is 0.486. The van der Waals surface area contributed by atoms with Crippen LogP contribution in [0.2, 0.25) is 0 Å². The molecule has 136 valence electrons. The van der Waals surface area contributed by atoms with Crippen LogP contribution in [0, 0.1) is 0 Å². The van der Waals surface area contributed by atoms with Gasteiger partial charge in [0.15, 0.2) is 0 Å². The molecule has 0 radical (unpaired) electrons. The summed E-state index contributed by atoms with van der Waals surface area (Å²) in [4.78, 5) is 42.8. The number of esters is 1. The monoisotopic (exact) mass is 356 g/mol. The van der Waals surface area contributed by atoms with Crippen LogP contribution in [0.3, 0.4) is 0 Å². The van der Waals surface area contributed by atoms with Crippen molar-refractivity contribution in [2.45, 2.75) is 32.0 Å². The molecule has 0 bridgehead atoms. The number of nitrogens with zero attached hydrogens (tertiary/aromatic N) is 3. The van der Waals surface area contributed by atoms with Gasteiger partial charge in [-0.25, -0.2) is 4.98 Å². The number of rotatable bonds is 3. The second kappa shape index (κ2) is 6.53. The molecule has 1 N–H and O–H groups in total. The SMILES string of the molecule is COC(=O)C1CC(=O)CCN1Cc1nc2cccc3c2n1CCNC3=O. The first-order chi connectivity index (χ1) is 12.6. The maximum Gasteiger partial charge on any atom is 0.323 e. The summed E-state index contributed by atoms with van der Waals surface area (Å²) in [5, 5.41) is 2.89. The lowest BCUT2D eigenvalue weighted by atomic mass is 10.0. The van der Waals surface area contributed by atoms with Gasteiger partial charge < -0.3 is 14.6 Å². The summed E-state index contributed by atoms with van der Waals surface area (Å²) in [6.45, 7) is 2.05. The highest BCUT2D eigenvalue weighted by Gasteiger charge is 2.34. The fraction of sp³-hybridized carbons (Fsp3) is 0.444. The molecule has 4 rings (SSSR count). The Balaban J connectivity index is 1.72. The highest BCUT2D eigenvalue weighted by atomic mass is 16.5. The summed E-state index contributed by atoms with van der Waals surface area (Å²) in [5.74, 6) is 0.353. The average molecular weight is 356 g/mol. The van der Waals surface area contributed by atoms with Crippen LogP contribution in [0.1, 0.15) is 29.0 Å². The Morgan fingerprint density at radius 3 is 3.00 bits per heavy atom. The van der Waals surface area contributed by atoms with Crippen LogP contribution < -0.4 is 5.32 Å². The minimum atomic E-state index is -0.584. The Morgan fingerprint density at radius 2 is 2.19 bits per heavy atom. The van der Waals surface area contributed by atoms with Crippen molar-refractivity contribution in [3.05, 3.63) is 29.6 Å². The van der Waals surface area contributed by atoms with Gasteiger partial charge in [0.1, 0.15) is 17.6 Å². The number of nitrogens with one attached hydrogen (secondary N) is 1. The molecule has 8 heteroatoms. The van der Waals surface area contributed by atoms with Gasteiger partial charge in [-0.05, 0) is 12.1 Å². The number of ketones is 1. The third-order valence-electron chi connectivity index (χ3n) is 5.07. The van der Waals surface area contributed by atoms with Crippen molar-refractivity contribution >= 4 is 28.7 Å². The smallest absolute Gasteiger partial charge is 0.323 e. The molecular weight excluding hydrogens is 336 g/mol. The number of carbonyl (C=O) groups is 3.